The van der Waals surface area contributed by atoms with Crippen molar-refractivity contribution in [3.05, 3.63) is 36.4 Å². The quantitative estimate of drug-likeness (QED) is 0.475. The van der Waals surface area contributed by atoms with Gasteiger partial charge in [-0.25, -0.2) is 0 Å². The third-order valence-corrected chi connectivity index (χ3v) is 3.47. The van der Waals surface area contributed by atoms with Crippen LogP contribution in [0.2, 0.25) is 0 Å². The van der Waals surface area contributed by atoms with Crippen molar-refractivity contribution in [3.8, 4) is 11.5 Å². The highest BCUT2D eigenvalue weighted by atomic mass is 16.5. The van der Waals surface area contributed by atoms with E-state index in [4.69, 9.17) is 14.2 Å². The van der Waals surface area contributed by atoms with Gasteiger partial charge in [0.05, 0.1) is 20.3 Å². The predicted octanol–water partition coefficient (Wildman–Crippen LogP) is 3.21. The molecule has 124 valence electrons. The second-order valence-electron chi connectivity index (χ2n) is 5.19. The second-order valence-corrected chi connectivity index (χ2v) is 5.19. The summed E-state index contributed by atoms with van der Waals surface area (Å²) in [5.41, 5.74) is 1.08. The van der Waals surface area contributed by atoms with Crippen LogP contribution in [0.15, 0.2) is 30.9 Å². The Hall–Kier alpha value is -1.52. The molecule has 4 nitrogen and oxygen atoms in total. The van der Waals surface area contributed by atoms with Gasteiger partial charge in [0.1, 0.15) is 18.1 Å². The molecule has 0 saturated carbocycles. The molecule has 22 heavy (non-hydrogen) atoms. The first-order chi connectivity index (χ1) is 10.7. The number of nitrogens with one attached hydrogen (secondary N) is 1. The van der Waals surface area contributed by atoms with Gasteiger partial charge >= 0.3 is 0 Å². The van der Waals surface area contributed by atoms with E-state index >= 15 is 0 Å². The fraction of sp³-hybridized carbons (Fsp3) is 0.556. The number of rotatable bonds is 12. The summed E-state index contributed by atoms with van der Waals surface area (Å²) >= 11 is 0. The molecule has 0 amide bonds. The van der Waals surface area contributed by atoms with Crippen molar-refractivity contribution in [3.63, 3.8) is 0 Å². The third-order valence-electron chi connectivity index (χ3n) is 3.47. The molecule has 0 saturated heterocycles. The zero-order chi connectivity index (χ0) is 16.2. The lowest BCUT2D eigenvalue weighted by Crippen LogP contribution is -2.29. The Morgan fingerprint density at radius 3 is 2.77 bits per heavy atom. The molecule has 0 fully saturated rings. The summed E-state index contributed by atoms with van der Waals surface area (Å²) in [6.07, 6.45) is 3.75. The highest BCUT2D eigenvalue weighted by Crippen LogP contribution is 2.24. The molecule has 1 N–H and O–H groups in total. The molecule has 0 aromatic heterocycles. The smallest absolute Gasteiger partial charge is 0.123 e. The number of ether oxygens (including phenoxy) is 3. The van der Waals surface area contributed by atoms with E-state index in [-0.39, 0.29) is 0 Å². The first-order valence-corrected chi connectivity index (χ1v) is 7.93. The molecular weight excluding hydrogens is 278 g/mol. The van der Waals surface area contributed by atoms with Gasteiger partial charge < -0.3 is 19.5 Å². The van der Waals surface area contributed by atoms with Crippen molar-refractivity contribution in [1.29, 1.82) is 0 Å². The number of methoxy groups -OCH3 is 1. The van der Waals surface area contributed by atoms with Crippen LogP contribution in [0.1, 0.15) is 25.8 Å². The van der Waals surface area contributed by atoms with Crippen LogP contribution in [0.5, 0.6) is 11.5 Å². The molecule has 0 aliphatic rings. The number of hydrogen-bond acceptors (Lipinski definition) is 4. The molecular formula is C18H29NO3. The third kappa shape index (κ3) is 6.96. The SMILES string of the molecule is C=CCc1cc(OC)ccc1OCCOCCNC(C)CC. The Morgan fingerprint density at radius 2 is 2.09 bits per heavy atom. The van der Waals surface area contributed by atoms with Crippen LogP contribution in [0.4, 0.5) is 0 Å². The molecule has 0 aliphatic carbocycles. The highest BCUT2D eigenvalue weighted by molar-refractivity contribution is 5.41. The minimum atomic E-state index is 0.541. The zero-order valence-corrected chi connectivity index (χ0v) is 14.1. The summed E-state index contributed by atoms with van der Waals surface area (Å²) in [5.74, 6) is 1.69. The van der Waals surface area contributed by atoms with Crippen LogP contribution in [0, 0.1) is 0 Å². The normalized spacial score (nSPS) is 12.0. The highest BCUT2D eigenvalue weighted by Gasteiger charge is 2.04. The zero-order valence-electron chi connectivity index (χ0n) is 14.1. The summed E-state index contributed by atoms with van der Waals surface area (Å²) in [7, 11) is 1.66. The van der Waals surface area contributed by atoms with Gasteiger partial charge in [-0.1, -0.05) is 13.0 Å². The molecule has 0 bridgehead atoms. The van der Waals surface area contributed by atoms with Crippen LogP contribution in [0.25, 0.3) is 0 Å². The number of hydrogen-bond donors (Lipinski definition) is 1. The second kappa shape index (κ2) is 11.1. The average Bonchev–Trinajstić information content (AvgIpc) is 2.54. The first-order valence-electron chi connectivity index (χ1n) is 7.93. The summed E-state index contributed by atoms with van der Waals surface area (Å²) in [5, 5.41) is 3.39. The molecule has 0 spiro atoms. The van der Waals surface area contributed by atoms with Crippen LogP contribution < -0.4 is 14.8 Å². The Kier molecular flexibility index (Phi) is 9.35. The molecule has 1 rings (SSSR count). The van der Waals surface area contributed by atoms with E-state index in [0.29, 0.717) is 25.9 Å². The average molecular weight is 307 g/mol. The fourth-order valence-electron chi connectivity index (χ4n) is 1.97. The van der Waals surface area contributed by atoms with Crippen molar-refractivity contribution in [2.45, 2.75) is 32.7 Å². The van der Waals surface area contributed by atoms with Crippen molar-refractivity contribution in [2.24, 2.45) is 0 Å². The minimum Gasteiger partial charge on any atom is -0.497 e. The maximum atomic E-state index is 5.79. The Bertz CT molecular complexity index is 434. The van der Waals surface area contributed by atoms with Gasteiger partial charge in [-0.05, 0) is 38.0 Å². The molecule has 4 heteroatoms. The van der Waals surface area contributed by atoms with Gasteiger partial charge in [0, 0.05) is 18.2 Å². The molecule has 1 atom stereocenters. The maximum Gasteiger partial charge on any atom is 0.123 e. The van der Waals surface area contributed by atoms with E-state index < -0.39 is 0 Å². The van der Waals surface area contributed by atoms with Gasteiger partial charge in [-0.2, -0.15) is 0 Å². The van der Waals surface area contributed by atoms with Crippen molar-refractivity contribution in [2.75, 3.05) is 33.5 Å². The molecule has 0 radical (unpaired) electrons. The fourth-order valence-corrected chi connectivity index (χ4v) is 1.97. The largest absolute Gasteiger partial charge is 0.497 e. The number of allylic oxidation sites excluding steroid dienone is 1. The van der Waals surface area contributed by atoms with Crippen LogP contribution in [0.3, 0.4) is 0 Å². The topological polar surface area (TPSA) is 39.7 Å². The van der Waals surface area contributed by atoms with Gasteiger partial charge in [-0.15, -0.1) is 6.58 Å². The van der Waals surface area contributed by atoms with Gasteiger partial charge in [0.25, 0.3) is 0 Å². The summed E-state index contributed by atoms with van der Waals surface area (Å²) in [6, 6.07) is 6.36. The Morgan fingerprint density at radius 1 is 1.27 bits per heavy atom. The van der Waals surface area contributed by atoms with Gasteiger partial charge in [0.2, 0.25) is 0 Å². The lowest BCUT2D eigenvalue weighted by Gasteiger charge is -2.13. The van der Waals surface area contributed by atoms with Gasteiger partial charge in [-0.3, -0.25) is 0 Å². The summed E-state index contributed by atoms with van der Waals surface area (Å²) < 4.78 is 16.6. The lowest BCUT2D eigenvalue weighted by molar-refractivity contribution is 0.100. The predicted molar refractivity (Wildman–Crippen MR) is 91.0 cm³/mol. The maximum absolute atomic E-state index is 5.79. The van der Waals surface area contributed by atoms with E-state index in [1.807, 2.05) is 24.3 Å². The van der Waals surface area contributed by atoms with E-state index in [1.54, 1.807) is 7.11 Å². The Labute approximate surface area is 134 Å². The van der Waals surface area contributed by atoms with Gasteiger partial charge in [0.15, 0.2) is 0 Å². The van der Waals surface area contributed by atoms with E-state index in [2.05, 4.69) is 25.7 Å². The molecule has 1 aromatic rings. The first kappa shape index (κ1) is 18.5. The molecule has 0 heterocycles. The van der Waals surface area contributed by atoms with Crippen LogP contribution in [-0.2, 0) is 11.2 Å². The van der Waals surface area contributed by atoms with Crippen molar-refractivity contribution < 1.29 is 14.2 Å². The standard InChI is InChI=1S/C18H29NO3/c1-5-7-16-14-17(20-4)8-9-18(16)22-13-12-21-11-10-19-15(3)6-2/h5,8-9,14-15,19H,1,6-7,10-13H2,2-4H3. The summed E-state index contributed by atoms with van der Waals surface area (Å²) in [6.45, 7) is 10.8. The monoisotopic (exact) mass is 307 g/mol. The Balaban J connectivity index is 2.28. The van der Waals surface area contributed by atoms with Crippen molar-refractivity contribution >= 4 is 0 Å². The van der Waals surface area contributed by atoms with E-state index in [1.165, 1.54) is 0 Å². The molecule has 1 aromatic carbocycles. The lowest BCUT2D eigenvalue weighted by atomic mass is 10.1. The van der Waals surface area contributed by atoms with Crippen molar-refractivity contribution in [1.82, 2.24) is 5.32 Å². The van der Waals surface area contributed by atoms with Crippen LogP contribution >= 0.6 is 0 Å². The summed E-state index contributed by atoms with van der Waals surface area (Å²) in [4.78, 5) is 0. The molecule has 0 aliphatic heterocycles. The van der Waals surface area contributed by atoms with E-state index in [0.717, 1.165) is 36.4 Å². The van der Waals surface area contributed by atoms with E-state index in [9.17, 15) is 0 Å². The number of benzene rings is 1. The van der Waals surface area contributed by atoms with Crippen LogP contribution in [-0.4, -0.2) is 39.5 Å². The molecule has 1 unspecified atom stereocenters. The minimum absolute atomic E-state index is 0.541.